The van der Waals surface area contributed by atoms with Crippen molar-refractivity contribution in [3.63, 3.8) is 0 Å². The predicted octanol–water partition coefficient (Wildman–Crippen LogP) is 4.03. The van der Waals surface area contributed by atoms with Crippen molar-refractivity contribution < 1.29 is 4.79 Å². The Morgan fingerprint density at radius 3 is 2.76 bits per heavy atom. The standard InChI is InChI=1S/C20H27N3OS/c1-15-4-6-17(7-5-15)14-23-12-10-18(8-9-19(23)24)22(3)16(2)20-21-11-13-25-20/h4-7,11,13,16,18H,8-10,12,14H2,1-3H3/t16-,18+/m0/s1. The Labute approximate surface area is 154 Å². The summed E-state index contributed by atoms with van der Waals surface area (Å²) in [5, 5.41) is 3.18. The van der Waals surface area contributed by atoms with E-state index in [9.17, 15) is 4.79 Å². The molecular formula is C20H27N3OS. The van der Waals surface area contributed by atoms with Gasteiger partial charge in [-0.05, 0) is 39.3 Å². The minimum absolute atomic E-state index is 0.276. The Morgan fingerprint density at radius 1 is 1.32 bits per heavy atom. The molecule has 25 heavy (non-hydrogen) atoms. The number of likely N-dealkylation sites (tertiary alicyclic amines) is 1. The zero-order valence-corrected chi connectivity index (χ0v) is 16.1. The third kappa shape index (κ3) is 4.47. The van der Waals surface area contributed by atoms with Crippen molar-refractivity contribution in [3.8, 4) is 0 Å². The van der Waals surface area contributed by atoms with E-state index in [1.54, 1.807) is 11.3 Å². The highest BCUT2D eigenvalue weighted by molar-refractivity contribution is 7.09. The second kappa shape index (κ2) is 8.11. The molecule has 0 radical (unpaired) electrons. The zero-order chi connectivity index (χ0) is 17.8. The van der Waals surface area contributed by atoms with Crippen molar-refractivity contribution >= 4 is 17.2 Å². The van der Waals surface area contributed by atoms with Crippen LogP contribution in [-0.2, 0) is 11.3 Å². The van der Waals surface area contributed by atoms with Crippen LogP contribution in [0.2, 0.25) is 0 Å². The molecule has 0 spiro atoms. The lowest BCUT2D eigenvalue weighted by atomic mass is 10.1. The third-order valence-corrected chi connectivity index (χ3v) is 6.21. The first-order valence-electron chi connectivity index (χ1n) is 8.99. The molecular weight excluding hydrogens is 330 g/mol. The van der Waals surface area contributed by atoms with E-state index in [0.717, 1.165) is 30.9 Å². The van der Waals surface area contributed by atoms with E-state index in [1.165, 1.54) is 11.1 Å². The molecule has 0 aliphatic carbocycles. The van der Waals surface area contributed by atoms with Gasteiger partial charge in [-0.1, -0.05) is 29.8 Å². The first-order chi connectivity index (χ1) is 12.0. The minimum atomic E-state index is 0.276. The normalized spacial score (nSPS) is 19.9. The molecule has 1 aliphatic rings. The van der Waals surface area contributed by atoms with E-state index in [0.29, 0.717) is 18.5 Å². The number of hydrogen-bond donors (Lipinski definition) is 0. The molecule has 1 aromatic carbocycles. The summed E-state index contributed by atoms with van der Waals surface area (Å²) in [6.45, 7) is 5.84. The van der Waals surface area contributed by atoms with E-state index in [-0.39, 0.29) is 5.91 Å². The van der Waals surface area contributed by atoms with E-state index in [1.807, 2.05) is 16.5 Å². The maximum atomic E-state index is 12.5. The van der Waals surface area contributed by atoms with Gasteiger partial charge in [-0.25, -0.2) is 4.98 Å². The highest BCUT2D eigenvalue weighted by atomic mass is 32.1. The van der Waals surface area contributed by atoms with Crippen LogP contribution < -0.4 is 0 Å². The van der Waals surface area contributed by atoms with Crippen LogP contribution in [0.5, 0.6) is 0 Å². The fourth-order valence-electron chi connectivity index (χ4n) is 3.44. The van der Waals surface area contributed by atoms with Crippen molar-refractivity contribution in [2.24, 2.45) is 0 Å². The molecule has 0 unspecified atom stereocenters. The van der Waals surface area contributed by atoms with Crippen molar-refractivity contribution in [2.45, 2.75) is 51.7 Å². The summed E-state index contributed by atoms with van der Waals surface area (Å²) in [7, 11) is 2.16. The molecule has 2 atom stereocenters. The number of hydrogen-bond acceptors (Lipinski definition) is 4. The zero-order valence-electron chi connectivity index (χ0n) is 15.3. The van der Waals surface area contributed by atoms with Crippen LogP contribution in [-0.4, -0.2) is 40.3 Å². The second-order valence-corrected chi connectivity index (χ2v) is 7.92. The van der Waals surface area contributed by atoms with Crippen molar-refractivity contribution in [1.82, 2.24) is 14.8 Å². The van der Waals surface area contributed by atoms with Gasteiger partial charge in [0.15, 0.2) is 0 Å². The van der Waals surface area contributed by atoms with Gasteiger partial charge >= 0.3 is 0 Å². The van der Waals surface area contributed by atoms with Crippen molar-refractivity contribution in [2.75, 3.05) is 13.6 Å². The fraction of sp³-hybridized carbons (Fsp3) is 0.500. The van der Waals surface area contributed by atoms with Crippen molar-refractivity contribution in [1.29, 1.82) is 0 Å². The van der Waals surface area contributed by atoms with Gasteiger partial charge in [0.1, 0.15) is 5.01 Å². The van der Waals surface area contributed by atoms with Crippen LogP contribution in [0.1, 0.15) is 48.4 Å². The Hall–Kier alpha value is -1.72. The topological polar surface area (TPSA) is 36.4 Å². The van der Waals surface area contributed by atoms with E-state index < -0.39 is 0 Å². The molecule has 2 aromatic rings. The average molecular weight is 358 g/mol. The molecule has 3 rings (SSSR count). The van der Waals surface area contributed by atoms with E-state index >= 15 is 0 Å². The molecule has 0 bridgehead atoms. The molecule has 1 fully saturated rings. The van der Waals surface area contributed by atoms with Crippen LogP contribution in [0.15, 0.2) is 35.8 Å². The van der Waals surface area contributed by atoms with Crippen LogP contribution in [0, 0.1) is 6.92 Å². The van der Waals surface area contributed by atoms with E-state index in [2.05, 4.69) is 55.0 Å². The van der Waals surface area contributed by atoms with Gasteiger partial charge in [-0.15, -0.1) is 11.3 Å². The third-order valence-electron chi connectivity index (χ3n) is 5.27. The lowest BCUT2D eigenvalue weighted by Crippen LogP contribution is -2.35. The van der Waals surface area contributed by atoms with Gasteiger partial charge in [0.2, 0.25) is 5.91 Å². The van der Waals surface area contributed by atoms with Crippen LogP contribution in [0.3, 0.4) is 0 Å². The lowest BCUT2D eigenvalue weighted by molar-refractivity contribution is -0.131. The molecule has 1 aromatic heterocycles. The summed E-state index contributed by atoms with van der Waals surface area (Å²) < 4.78 is 0. The van der Waals surface area contributed by atoms with Crippen LogP contribution >= 0.6 is 11.3 Å². The number of aryl methyl sites for hydroxylation is 1. The SMILES string of the molecule is Cc1ccc(CN2CC[C@H](N(C)[C@@H](C)c3nccs3)CCC2=O)cc1. The molecule has 1 amide bonds. The van der Waals surface area contributed by atoms with Gasteiger partial charge in [-0.3, -0.25) is 9.69 Å². The molecule has 0 saturated carbocycles. The smallest absolute Gasteiger partial charge is 0.222 e. The van der Waals surface area contributed by atoms with Crippen LogP contribution in [0.25, 0.3) is 0 Å². The highest BCUT2D eigenvalue weighted by Gasteiger charge is 2.28. The minimum Gasteiger partial charge on any atom is -0.338 e. The van der Waals surface area contributed by atoms with Gasteiger partial charge in [-0.2, -0.15) is 0 Å². The number of benzene rings is 1. The van der Waals surface area contributed by atoms with E-state index in [4.69, 9.17) is 0 Å². The average Bonchev–Trinajstić information content (AvgIpc) is 3.09. The molecule has 134 valence electrons. The number of thiazole rings is 1. The molecule has 1 aliphatic heterocycles. The largest absolute Gasteiger partial charge is 0.338 e. The maximum Gasteiger partial charge on any atom is 0.222 e. The number of nitrogens with zero attached hydrogens (tertiary/aromatic N) is 3. The Balaban J connectivity index is 1.62. The number of aromatic nitrogens is 1. The summed E-state index contributed by atoms with van der Waals surface area (Å²) in [6.07, 6.45) is 4.44. The summed E-state index contributed by atoms with van der Waals surface area (Å²) in [6, 6.07) is 9.20. The Kier molecular flexibility index (Phi) is 5.86. The molecule has 4 nitrogen and oxygen atoms in total. The van der Waals surface area contributed by atoms with Gasteiger partial charge in [0.05, 0.1) is 6.04 Å². The summed E-state index contributed by atoms with van der Waals surface area (Å²) in [5.41, 5.74) is 2.46. The summed E-state index contributed by atoms with van der Waals surface area (Å²) in [4.78, 5) is 21.4. The highest BCUT2D eigenvalue weighted by Crippen LogP contribution is 2.27. The quantitative estimate of drug-likeness (QED) is 0.811. The Bertz CT molecular complexity index is 683. The second-order valence-electron chi connectivity index (χ2n) is 6.99. The predicted molar refractivity (Wildman–Crippen MR) is 103 cm³/mol. The first-order valence-corrected chi connectivity index (χ1v) is 9.87. The fourth-order valence-corrected chi connectivity index (χ4v) is 4.19. The van der Waals surface area contributed by atoms with Gasteiger partial charge in [0, 0.05) is 37.1 Å². The monoisotopic (exact) mass is 357 g/mol. The van der Waals surface area contributed by atoms with Crippen molar-refractivity contribution in [3.05, 3.63) is 52.0 Å². The summed E-state index contributed by atoms with van der Waals surface area (Å²) >= 11 is 1.70. The number of rotatable bonds is 5. The van der Waals surface area contributed by atoms with Gasteiger partial charge in [0.25, 0.3) is 0 Å². The number of amides is 1. The lowest BCUT2D eigenvalue weighted by Gasteiger charge is -2.31. The number of carbonyl (C=O) groups excluding carboxylic acids is 1. The molecule has 1 saturated heterocycles. The Morgan fingerprint density at radius 2 is 2.08 bits per heavy atom. The molecule has 0 N–H and O–H groups in total. The van der Waals surface area contributed by atoms with Gasteiger partial charge < -0.3 is 4.90 Å². The molecule has 2 heterocycles. The maximum absolute atomic E-state index is 12.5. The first kappa shape index (κ1) is 18.1. The summed E-state index contributed by atoms with van der Waals surface area (Å²) in [5.74, 6) is 0.276. The molecule has 5 heteroatoms. The van der Waals surface area contributed by atoms with Crippen LogP contribution in [0.4, 0.5) is 0 Å². The number of carbonyl (C=O) groups is 1.